The Kier molecular flexibility index (Phi) is 5.16. The molecular weight excluding hydrogens is 390 g/mol. The lowest BCUT2D eigenvalue weighted by Gasteiger charge is -2.34. The van der Waals surface area contributed by atoms with E-state index in [2.05, 4.69) is 10.1 Å². The number of nitrogens with zero attached hydrogens (tertiary/aromatic N) is 4. The average molecular weight is 415 g/mol. The number of hydrogen-bond donors (Lipinski definition) is 1. The van der Waals surface area contributed by atoms with Crippen LogP contribution < -0.4 is 4.74 Å². The molecule has 7 heteroatoms. The summed E-state index contributed by atoms with van der Waals surface area (Å²) in [6, 6.07) is 15.5. The van der Waals surface area contributed by atoms with Crippen LogP contribution in [0.5, 0.6) is 5.75 Å². The van der Waals surface area contributed by atoms with Crippen molar-refractivity contribution in [3.63, 3.8) is 0 Å². The standard InChI is InChI=1S/C24H25N5O2/c1-31-22-11-10-17(15-18(22)16-28-13-6-12-25-28)24(30)29-14-5-4-9-21(29)23-26-19-7-2-3-8-20(19)27-23/h2-3,6-8,10-13,15,21H,4-5,9,14,16H2,1H3,(H,26,27)/t21-/m0/s1. The Hall–Kier alpha value is -3.61. The number of aromatic amines is 1. The van der Waals surface area contributed by atoms with Crippen molar-refractivity contribution >= 4 is 16.9 Å². The number of H-pyrrole nitrogens is 1. The molecule has 1 N–H and O–H groups in total. The molecule has 1 fully saturated rings. The number of hydrogen-bond acceptors (Lipinski definition) is 4. The predicted molar refractivity (Wildman–Crippen MR) is 118 cm³/mol. The third-order valence-corrected chi connectivity index (χ3v) is 5.91. The Morgan fingerprint density at radius 3 is 2.90 bits per heavy atom. The summed E-state index contributed by atoms with van der Waals surface area (Å²) in [6.45, 7) is 1.27. The molecule has 4 aromatic rings. The van der Waals surface area contributed by atoms with Gasteiger partial charge >= 0.3 is 0 Å². The minimum Gasteiger partial charge on any atom is -0.496 e. The van der Waals surface area contributed by atoms with Crippen LogP contribution in [-0.4, -0.2) is 44.2 Å². The fraction of sp³-hybridized carbons (Fsp3) is 0.292. The van der Waals surface area contributed by atoms with E-state index in [1.165, 1.54) is 0 Å². The molecule has 1 amide bonds. The van der Waals surface area contributed by atoms with Gasteiger partial charge in [-0.15, -0.1) is 0 Å². The summed E-state index contributed by atoms with van der Waals surface area (Å²) in [4.78, 5) is 23.7. The van der Waals surface area contributed by atoms with Crippen molar-refractivity contribution in [3.8, 4) is 5.75 Å². The lowest BCUT2D eigenvalue weighted by Crippen LogP contribution is -2.39. The van der Waals surface area contributed by atoms with Gasteiger partial charge in [-0.1, -0.05) is 12.1 Å². The molecule has 0 spiro atoms. The summed E-state index contributed by atoms with van der Waals surface area (Å²) in [5.41, 5.74) is 3.52. The maximum atomic E-state index is 13.6. The predicted octanol–water partition coefficient (Wildman–Crippen LogP) is 4.18. The first-order chi connectivity index (χ1) is 15.2. The molecule has 0 unspecified atom stereocenters. The van der Waals surface area contributed by atoms with Gasteiger partial charge in [0.25, 0.3) is 5.91 Å². The Balaban J connectivity index is 1.46. The van der Waals surface area contributed by atoms with Gasteiger partial charge in [-0.25, -0.2) is 4.98 Å². The van der Waals surface area contributed by atoms with Gasteiger partial charge in [-0.3, -0.25) is 9.48 Å². The van der Waals surface area contributed by atoms with Crippen LogP contribution in [0.2, 0.25) is 0 Å². The van der Waals surface area contributed by atoms with Gasteiger partial charge in [0.1, 0.15) is 11.6 Å². The highest BCUT2D eigenvalue weighted by Gasteiger charge is 2.31. The lowest BCUT2D eigenvalue weighted by atomic mass is 9.99. The van der Waals surface area contributed by atoms with Crippen LogP contribution in [0, 0.1) is 0 Å². The fourth-order valence-corrected chi connectivity index (χ4v) is 4.36. The van der Waals surface area contributed by atoms with E-state index in [1.807, 2.05) is 64.3 Å². The zero-order valence-corrected chi connectivity index (χ0v) is 17.5. The number of benzene rings is 2. The zero-order valence-electron chi connectivity index (χ0n) is 17.5. The second kappa shape index (κ2) is 8.26. The van der Waals surface area contributed by atoms with E-state index in [9.17, 15) is 4.79 Å². The summed E-state index contributed by atoms with van der Waals surface area (Å²) in [6.07, 6.45) is 6.63. The van der Waals surface area contributed by atoms with E-state index in [-0.39, 0.29) is 11.9 Å². The number of fused-ring (bicyclic) bond motifs is 1. The number of nitrogens with one attached hydrogen (secondary N) is 1. The van der Waals surface area contributed by atoms with Gasteiger partial charge < -0.3 is 14.6 Å². The molecule has 158 valence electrons. The van der Waals surface area contributed by atoms with Gasteiger partial charge in [0.15, 0.2) is 0 Å². The first kappa shape index (κ1) is 19.4. The molecule has 1 saturated heterocycles. The Morgan fingerprint density at radius 2 is 2.10 bits per heavy atom. The number of ether oxygens (including phenoxy) is 1. The molecule has 3 heterocycles. The number of likely N-dealkylation sites (tertiary alicyclic amines) is 1. The van der Waals surface area contributed by atoms with E-state index in [0.29, 0.717) is 12.1 Å². The number of methoxy groups -OCH3 is 1. The second-order valence-electron chi connectivity index (χ2n) is 7.88. The highest BCUT2D eigenvalue weighted by atomic mass is 16.5. The average Bonchev–Trinajstić information content (AvgIpc) is 3.48. The topological polar surface area (TPSA) is 76.0 Å². The smallest absolute Gasteiger partial charge is 0.254 e. The quantitative estimate of drug-likeness (QED) is 0.530. The van der Waals surface area contributed by atoms with Crippen LogP contribution in [0.25, 0.3) is 11.0 Å². The van der Waals surface area contributed by atoms with Crippen LogP contribution in [0.1, 0.15) is 47.1 Å². The van der Waals surface area contributed by atoms with Crippen LogP contribution in [0.3, 0.4) is 0 Å². The monoisotopic (exact) mass is 415 g/mol. The molecule has 1 aliphatic rings. The number of para-hydroxylation sites is 2. The van der Waals surface area contributed by atoms with Gasteiger partial charge in [0.2, 0.25) is 0 Å². The minimum absolute atomic E-state index is 0.0227. The Labute approximate surface area is 180 Å². The number of imidazole rings is 1. The van der Waals surface area contributed by atoms with Crippen molar-refractivity contribution in [1.29, 1.82) is 0 Å². The Morgan fingerprint density at radius 1 is 1.19 bits per heavy atom. The van der Waals surface area contributed by atoms with Crippen LogP contribution >= 0.6 is 0 Å². The normalized spacial score (nSPS) is 16.5. The number of carbonyl (C=O) groups excluding carboxylic acids is 1. The summed E-state index contributed by atoms with van der Waals surface area (Å²) in [5, 5.41) is 4.28. The zero-order chi connectivity index (χ0) is 21.2. The van der Waals surface area contributed by atoms with Crippen LogP contribution in [0.4, 0.5) is 0 Å². The highest BCUT2D eigenvalue weighted by molar-refractivity contribution is 5.95. The first-order valence-electron chi connectivity index (χ1n) is 10.6. The molecule has 1 aliphatic heterocycles. The van der Waals surface area contributed by atoms with E-state index in [4.69, 9.17) is 9.72 Å². The molecule has 1 atom stereocenters. The number of rotatable bonds is 5. The molecule has 7 nitrogen and oxygen atoms in total. The molecule has 2 aromatic heterocycles. The van der Waals surface area contributed by atoms with E-state index < -0.39 is 0 Å². The summed E-state index contributed by atoms with van der Waals surface area (Å²) >= 11 is 0. The summed E-state index contributed by atoms with van der Waals surface area (Å²) in [5.74, 6) is 1.63. The van der Waals surface area contributed by atoms with Gasteiger partial charge in [0, 0.05) is 30.1 Å². The van der Waals surface area contributed by atoms with E-state index in [1.54, 1.807) is 13.3 Å². The maximum Gasteiger partial charge on any atom is 0.254 e. The van der Waals surface area contributed by atoms with Crippen molar-refractivity contribution in [2.24, 2.45) is 0 Å². The summed E-state index contributed by atoms with van der Waals surface area (Å²) < 4.78 is 7.34. The minimum atomic E-state index is -0.0506. The number of piperidine rings is 1. The molecule has 0 aliphatic carbocycles. The van der Waals surface area contributed by atoms with Crippen molar-refractivity contribution < 1.29 is 9.53 Å². The SMILES string of the molecule is COc1ccc(C(=O)N2CCCC[C@H]2c2nc3ccccc3[nH]2)cc1Cn1cccn1. The van der Waals surface area contributed by atoms with E-state index in [0.717, 1.165) is 54.0 Å². The van der Waals surface area contributed by atoms with Gasteiger partial charge in [-0.2, -0.15) is 5.10 Å². The number of aromatic nitrogens is 4. The fourth-order valence-electron chi connectivity index (χ4n) is 4.36. The van der Waals surface area contributed by atoms with Gasteiger partial charge in [-0.05, 0) is 55.7 Å². The lowest BCUT2D eigenvalue weighted by molar-refractivity contribution is 0.0601. The van der Waals surface area contributed by atoms with Crippen LogP contribution in [0.15, 0.2) is 60.9 Å². The maximum absolute atomic E-state index is 13.6. The highest BCUT2D eigenvalue weighted by Crippen LogP contribution is 2.32. The van der Waals surface area contributed by atoms with Crippen molar-refractivity contribution in [3.05, 3.63) is 77.9 Å². The number of amides is 1. The van der Waals surface area contributed by atoms with Crippen molar-refractivity contribution in [1.82, 2.24) is 24.6 Å². The first-order valence-corrected chi connectivity index (χ1v) is 10.6. The molecule has 2 aromatic carbocycles. The number of carbonyl (C=O) groups is 1. The van der Waals surface area contributed by atoms with Crippen molar-refractivity contribution in [2.75, 3.05) is 13.7 Å². The Bertz CT molecular complexity index is 1160. The van der Waals surface area contributed by atoms with Crippen LogP contribution in [-0.2, 0) is 6.54 Å². The summed E-state index contributed by atoms with van der Waals surface area (Å²) in [7, 11) is 1.64. The third-order valence-electron chi connectivity index (χ3n) is 5.91. The molecule has 5 rings (SSSR count). The molecule has 0 radical (unpaired) electrons. The second-order valence-corrected chi connectivity index (χ2v) is 7.88. The molecule has 0 bridgehead atoms. The largest absolute Gasteiger partial charge is 0.496 e. The van der Waals surface area contributed by atoms with E-state index >= 15 is 0 Å². The van der Waals surface area contributed by atoms with Crippen molar-refractivity contribution in [2.45, 2.75) is 31.8 Å². The molecule has 0 saturated carbocycles. The molecule has 31 heavy (non-hydrogen) atoms. The third kappa shape index (κ3) is 3.79. The molecular formula is C24H25N5O2. The van der Waals surface area contributed by atoms with Gasteiger partial charge in [0.05, 0.1) is 30.7 Å².